The number of amides is 1. The lowest BCUT2D eigenvalue weighted by Crippen LogP contribution is -2.26. The molecular weight excluding hydrogens is 329 g/mol. The summed E-state index contributed by atoms with van der Waals surface area (Å²) in [6, 6.07) is 8.17. The molecule has 19 heavy (non-hydrogen) atoms. The van der Waals surface area contributed by atoms with Gasteiger partial charge in [-0.05, 0) is 44.2 Å². The SMILES string of the molecule is Cc1ccc(C(C)NC(=O)c2cc(Br)ccc2F)s1. The highest BCUT2D eigenvalue weighted by atomic mass is 79.9. The zero-order valence-corrected chi connectivity index (χ0v) is 12.9. The molecule has 0 aliphatic carbocycles. The number of rotatable bonds is 3. The third kappa shape index (κ3) is 3.42. The number of aryl methyl sites for hydroxylation is 1. The first-order valence-electron chi connectivity index (χ1n) is 5.79. The first kappa shape index (κ1) is 14.2. The molecule has 2 nitrogen and oxygen atoms in total. The summed E-state index contributed by atoms with van der Waals surface area (Å²) in [5.41, 5.74) is 0.0505. The Bertz CT molecular complexity index is 611. The van der Waals surface area contributed by atoms with Gasteiger partial charge in [0.05, 0.1) is 11.6 Å². The Morgan fingerprint density at radius 1 is 1.37 bits per heavy atom. The molecule has 0 radical (unpaired) electrons. The lowest BCUT2D eigenvalue weighted by Gasteiger charge is -2.12. The topological polar surface area (TPSA) is 29.1 Å². The van der Waals surface area contributed by atoms with Crippen molar-refractivity contribution in [3.05, 3.63) is 55.9 Å². The maximum absolute atomic E-state index is 13.6. The standard InChI is InChI=1S/C14H13BrFNOS/c1-8-3-6-13(19-8)9(2)17-14(18)11-7-10(15)4-5-12(11)16/h3-7,9H,1-2H3,(H,17,18). The van der Waals surface area contributed by atoms with E-state index in [0.29, 0.717) is 4.47 Å². The molecule has 1 unspecified atom stereocenters. The minimum atomic E-state index is -0.518. The molecule has 1 heterocycles. The van der Waals surface area contributed by atoms with E-state index < -0.39 is 11.7 Å². The molecule has 1 N–H and O–H groups in total. The summed E-state index contributed by atoms with van der Waals surface area (Å²) in [6.45, 7) is 3.90. The Hall–Kier alpha value is -1.20. The van der Waals surface area contributed by atoms with E-state index in [4.69, 9.17) is 0 Å². The number of carbonyl (C=O) groups is 1. The maximum atomic E-state index is 13.6. The van der Waals surface area contributed by atoms with E-state index in [0.717, 1.165) is 4.88 Å². The molecule has 1 aromatic heterocycles. The lowest BCUT2D eigenvalue weighted by atomic mass is 10.2. The van der Waals surface area contributed by atoms with Crippen LogP contribution < -0.4 is 5.32 Å². The van der Waals surface area contributed by atoms with Crippen molar-refractivity contribution in [2.24, 2.45) is 0 Å². The second kappa shape index (κ2) is 5.84. The zero-order valence-electron chi connectivity index (χ0n) is 10.5. The van der Waals surface area contributed by atoms with Gasteiger partial charge in [0, 0.05) is 14.2 Å². The van der Waals surface area contributed by atoms with Crippen molar-refractivity contribution in [3.63, 3.8) is 0 Å². The minimum Gasteiger partial charge on any atom is -0.345 e. The molecule has 0 fully saturated rings. The average molecular weight is 342 g/mol. The van der Waals surface area contributed by atoms with Crippen molar-refractivity contribution in [2.45, 2.75) is 19.9 Å². The van der Waals surface area contributed by atoms with E-state index in [1.165, 1.54) is 17.0 Å². The highest BCUT2D eigenvalue weighted by molar-refractivity contribution is 9.10. The molecular formula is C14H13BrFNOS. The second-order valence-corrected chi connectivity index (χ2v) is 6.50. The number of carbonyl (C=O) groups excluding carboxylic acids is 1. The fourth-order valence-corrected chi connectivity index (χ4v) is 2.94. The van der Waals surface area contributed by atoms with Crippen molar-refractivity contribution in [1.29, 1.82) is 0 Å². The van der Waals surface area contributed by atoms with Crippen molar-refractivity contribution < 1.29 is 9.18 Å². The summed E-state index contributed by atoms with van der Waals surface area (Å²) in [5, 5.41) is 2.80. The number of hydrogen-bond donors (Lipinski definition) is 1. The van der Waals surface area contributed by atoms with Gasteiger partial charge in [0.15, 0.2) is 0 Å². The van der Waals surface area contributed by atoms with E-state index >= 15 is 0 Å². The van der Waals surface area contributed by atoms with Gasteiger partial charge in [0.25, 0.3) is 5.91 Å². The fraction of sp³-hybridized carbons (Fsp3) is 0.214. The van der Waals surface area contributed by atoms with Crippen LogP contribution in [0, 0.1) is 12.7 Å². The number of halogens is 2. The summed E-state index contributed by atoms with van der Waals surface area (Å²) < 4.78 is 14.3. The van der Waals surface area contributed by atoms with Crippen LogP contribution in [0.4, 0.5) is 4.39 Å². The van der Waals surface area contributed by atoms with Gasteiger partial charge < -0.3 is 5.32 Å². The molecule has 0 bridgehead atoms. The zero-order chi connectivity index (χ0) is 14.0. The Kier molecular flexibility index (Phi) is 4.37. The number of hydrogen-bond acceptors (Lipinski definition) is 2. The van der Waals surface area contributed by atoms with Gasteiger partial charge in [-0.25, -0.2) is 4.39 Å². The fourth-order valence-electron chi connectivity index (χ4n) is 1.70. The predicted octanol–water partition coefficient (Wildman–Crippen LogP) is 4.45. The van der Waals surface area contributed by atoms with E-state index in [1.807, 2.05) is 26.0 Å². The van der Waals surface area contributed by atoms with Crippen LogP contribution in [0.15, 0.2) is 34.8 Å². The van der Waals surface area contributed by atoms with Crippen LogP contribution in [0.1, 0.15) is 33.1 Å². The molecule has 2 rings (SSSR count). The van der Waals surface area contributed by atoms with E-state index in [2.05, 4.69) is 21.2 Å². The molecule has 100 valence electrons. The monoisotopic (exact) mass is 341 g/mol. The van der Waals surface area contributed by atoms with Crippen molar-refractivity contribution in [3.8, 4) is 0 Å². The van der Waals surface area contributed by atoms with Gasteiger partial charge in [-0.15, -0.1) is 11.3 Å². The summed E-state index contributed by atoms with van der Waals surface area (Å²) in [4.78, 5) is 14.3. The number of benzene rings is 1. The summed E-state index contributed by atoms with van der Waals surface area (Å²) in [5.74, 6) is -0.924. The smallest absolute Gasteiger partial charge is 0.254 e. The van der Waals surface area contributed by atoms with Crippen molar-refractivity contribution in [2.75, 3.05) is 0 Å². The van der Waals surface area contributed by atoms with Crippen LogP contribution in [-0.2, 0) is 0 Å². The molecule has 0 saturated heterocycles. The van der Waals surface area contributed by atoms with Crippen LogP contribution in [-0.4, -0.2) is 5.91 Å². The lowest BCUT2D eigenvalue weighted by molar-refractivity contribution is 0.0936. The molecule has 1 amide bonds. The normalized spacial score (nSPS) is 12.2. The Morgan fingerprint density at radius 2 is 2.11 bits per heavy atom. The van der Waals surface area contributed by atoms with Gasteiger partial charge in [0.1, 0.15) is 5.82 Å². The van der Waals surface area contributed by atoms with Crippen LogP contribution in [0.5, 0.6) is 0 Å². The van der Waals surface area contributed by atoms with Crippen LogP contribution in [0.3, 0.4) is 0 Å². The van der Waals surface area contributed by atoms with Crippen molar-refractivity contribution in [1.82, 2.24) is 5.32 Å². The van der Waals surface area contributed by atoms with Crippen molar-refractivity contribution >= 4 is 33.2 Å². The third-order valence-corrected chi connectivity index (χ3v) is 4.39. The van der Waals surface area contributed by atoms with E-state index in [1.54, 1.807) is 17.4 Å². The Morgan fingerprint density at radius 3 is 2.74 bits per heavy atom. The quantitative estimate of drug-likeness (QED) is 0.877. The molecule has 5 heteroatoms. The Balaban J connectivity index is 2.15. The highest BCUT2D eigenvalue weighted by Gasteiger charge is 2.16. The average Bonchev–Trinajstić information content (AvgIpc) is 2.79. The Labute approximate surface area is 123 Å². The first-order chi connectivity index (χ1) is 8.97. The molecule has 0 spiro atoms. The van der Waals surface area contributed by atoms with Crippen LogP contribution >= 0.6 is 27.3 Å². The minimum absolute atomic E-state index is 0.0505. The van der Waals surface area contributed by atoms with Crippen LogP contribution in [0.2, 0.25) is 0 Å². The summed E-state index contributed by atoms with van der Waals surface area (Å²) >= 11 is 4.86. The molecule has 2 aromatic rings. The highest BCUT2D eigenvalue weighted by Crippen LogP contribution is 2.23. The molecule has 0 saturated carbocycles. The predicted molar refractivity (Wildman–Crippen MR) is 79.0 cm³/mol. The van der Waals surface area contributed by atoms with Gasteiger partial charge in [0.2, 0.25) is 0 Å². The molecule has 1 aromatic carbocycles. The summed E-state index contributed by atoms with van der Waals surface area (Å²) in [7, 11) is 0. The van der Waals surface area contributed by atoms with E-state index in [-0.39, 0.29) is 11.6 Å². The third-order valence-electron chi connectivity index (χ3n) is 2.71. The number of nitrogens with one attached hydrogen (secondary N) is 1. The maximum Gasteiger partial charge on any atom is 0.254 e. The van der Waals surface area contributed by atoms with Gasteiger partial charge >= 0.3 is 0 Å². The van der Waals surface area contributed by atoms with Gasteiger partial charge in [-0.1, -0.05) is 15.9 Å². The summed E-state index contributed by atoms with van der Waals surface area (Å²) in [6.07, 6.45) is 0. The largest absolute Gasteiger partial charge is 0.345 e. The van der Waals surface area contributed by atoms with Gasteiger partial charge in [-0.2, -0.15) is 0 Å². The molecule has 0 aliphatic heterocycles. The number of thiophene rings is 1. The molecule has 0 aliphatic rings. The second-order valence-electron chi connectivity index (χ2n) is 4.27. The van der Waals surface area contributed by atoms with E-state index in [9.17, 15) is 9.18 Å². The molecule has 1 atom stereocenters. The first-order valence-corrected chi connectivity index (χ1v) is 7.40. The van der Waals surface area contributed by atoms with Crippen LogP contribution in [0.25, 0.3) is 0 Å². The van der Waals surface area contributed by atoms with Gasteiger partial charge in [-0.3, -0.25) is 4.79 Å².